The average Bonchev–Trinajstić information content (AvgIpc) is 3.27. The van der Waals surface area contributed by atoms with Gasteiger partial charge in [-0.05, 0) is 56.2 Å². The topological polar surface area (TPSA) is 73.2 Å². The van der Waals surface area contributed by atoms with Crippen LogP contribution in [0.4, 0.5) is 0 Å². The van der Waals surface area contributed by atoms with Crippen molar-refractivity contribution in [1.29, 1.82) is 0 Å². The molecule has 1 N–H and O–H groups in total. The molecule has 4 rings (SSSR count). The number of nitrogens with one attached hydrogen (secondary N) is 1. The Hall–Kier alpha value is -1.57. The molecule has 0 radical (unpaired) electrons. The first kappa shape index (κ1) is 23.6. The second-order valence-corrected chi connectivity index (χ2v) is 11.0. The van der Waals surface area contributed by atoms with E-state index in [-0.39, 0.29) is 28.9 Å². The highest BCUT2D eigenvalue weighted by Crippen LogP contribution is 2.30. The SMILES string of the molecule is C[C@@H]1[C@H](C)CCC[C@H]1NC(=O)[C@H](C)Sc1nc2cc(Cl)ccc2c(=O)n1C[C@@H]1CCCO1. The number of rotatable bonds is 6. The van der Waals surface area contributed by atoms with Crippen molar-refractivity contribution in [3.8, 4) is 0 Å². The van der Waals surface area contributed by atoms with Crippen LogP contribution in [0, 0.1) is 11.8 Å². The predicted octanol–water partition coefficient (Wildman–Crippen LogP) is 4.65. The molecule has 1 saturated heterocycles. The smallest absolute Gasteiger partial charge is 0.262 e. The van der Waals surface area contributed by atoms with E-state index in [0.717, 1.165) is 32.3 Å². The zero-order valence-corrected chi connectivity index (χ0v) is 20.5. The summed E-state index contributed by atoms with van der Waals surface area (Å²) >= 11 is 7.48. The molecule has 174 valence electrons. The van der Waals surface area contributed by atoms with Crippen LogP contribution in [0.25, 0.3) is 10.9 Å². The Labute approximate surface area is 198 Å². The average molecular weight is 478 g/mol. The van der Waals surface area contributed by atoms with Crippen LogP contribution in [-0.2, 0) is 16.1 Å². The molecule has 6 nitrogen and oxygen atoms in total. The Balaban J connectivity index is 1.58. The lowest BCUT2D eigenvalue weighted by Gasteiger charge is -2.35. The van der Waals surface area contributed by atoms with Crippen LogP contribution < -0.4 is 10.9 Å². The first-order valence-electron chi connectivity index (χ1n) is 11.6. The number of thioether (sulfide) groups is 1. The molecule has 0 bridgehead atoms. The van der Waals surface area contributed by atoms with Crippen molar-refractivity contribution in [1.82, 2.24) is 14.9 Å². The lowest BCUT2D eigenvalue weighted by atomic mass is 9.78. The number of nitrogens with zero attached hydrogens (tertiary/aromatic N) is 2. The van der Waals surface area contributed by atoms with Crippen molar-refractivity contribution in [3.63, 3.8) is 0 Å². The molecule has 1 aliphatic heterocycles. The Bertz CT molecular complexity index is 1040. The third-order valence-corrected chi connectivity index (χ3v) is 8.30. The van der Waals surface area contributed by atoms with Crippen LogP contribution in [0.2, 0.25) is 5.02 Å². The van der Waals surface area contributed by atoms with Crippen molar-refractivity contribution in [3.05, 3.63) is 33.6 Å². The van der Waals surface area contributed by atoms with Crippen LogP contribution in [0.15, 0.2) is 28.2 Å². The van der Waals surface area contributed by atoms with Crippen molar-refractivity contribution < 1.29 is 9.53 Å². The molecule has 8 heteroatoms. The van der Waals surface area contributed by atoms with E-state index in [1.807, 2.05) is 6.92 Å². The largest absolute Gasteiger partial charge is 0.376 e. The van der Waals surface area contributed by atoms with E-state index in [1.165, 1.54) is 18.2 Å². The quantitative estimate of drug-likeness (QED) is 0.484. The number of hydrogen-bond acceptors (Lipinski definition) is 5. The lowest BCUT2D eigenvalue weighted by Crippen LogP contribution is -2.46. The van der Waals surface area contributed by atoms with Crippen LogP contribution in [-0.4, -0.2) is 39.5 Å². The number of halogens is 1. The van der Waals surface area contributed by atoms with Crippen molar-refractivity contribution in [2.45, 2.75) is 82.0 Å². The number of benzene rings is 1. The zero-order chi connectivity index (χ0) is 22.8. The summed E-state index contributed by atoms with van der Waals surface area (Å²) in [6.45, 7) is 7.52. The minimum atomic E-state index is -0.376. The highest BCUT2D eigenvalue weighted by molar-refractivity contribution is 8.00. The summed E-state index contributed by atoms with van der Waals surface area (Å²) < 4.78 is 7.45. The monoisotopic (exact) mass is 477 g/mol. The van der Waals surface area contributed by atoms with Gasteiger partial charge in [0.25, 0.3) is 5.56 Å². The number of aromatic nitrogens is 2. The minimum absolute atomic E-state index is 0.00712. The summed E-state index contributed by atoms with van der Waals surface area (Å²) in [7, 11) is 0. The van der Waals surface area contributed by atoms with Gasteiger partial charge in [-0.2, -0.15) is 0 Å². The first-order chi connectivity index (χ1) is 15.3. The van der Waals surface area contributed by atoms with Gasteiger partial charge in [0, 0.05) is 17.7 Å². The number of carbonyl (C=O) groups excluding carboxylic acids is 1. The number of ether oxygens (including phenoxy) is 1. The molecule has 1 aliphatic carbocycles. The van der Waals surface area contributed by atoms with Gasteiger partial charge in [0.15, 0.2) is 5.16 Å². The van der Waals surface area contributed by atoms with Gasteiger partial charge in [-0.15, -0.1) is 0 Å². The molecule has 32 heavy (non-hydrogen) atoms. The molecule has 1 saturated carbocycles. The lowest BCUT2D eigenvalue weighted by molar-refractivity contribution is -0.121. The van der Waals surface area contributed by atoms with Crippen molar-refractivity contribution in [2.75, 3.05) is 6.61 Å². The van der Waals surface area contributed by atoms with Crippen LogP contribution >= 0.6 is 23.4 Å². The minimum Gasteiger partial charge on any atom is -0.376 e. The molecule has 0 unspecified atom stereocenters. The molecular weight excluding hydrogens is 446 g/mol. The maximum absolute atomic E-state index is 13.3. The number of fused-ring (bicyclic) bond motifs is 1. The third kappa shape index (κ3) is 5.15. The van der Waals surface area contributed by atoms with Gasteiger partial charge in [0.1, 0.15) is 0 Å². The summed E-state index contributed by atoms with van der Waals surface area (Å²) in [6.07, 6.45) is 5.29. The number of hydrogen-bond donors (Lipinski definition) is 1. The molecule has 2 fully saturated rings. The Kier molecular flexibility index (Phi) is 7.47. The summed E-state index contributed by atoms with van der Waals surface area (Å²) in [5.74, 6) is 1.06. The molecule has 2 aliphatic rings. The summed E-state index contributed by atoms with van der Waals surface area (Å²) in [5, 5.41) is 4.47. The zero-order valence-electron chi connectivity index (χ0n) is 19.0. The summed E-state index contributed by atoms with van der Waals surface area (Å²) in [4.78, 5) is 31.1. The Morgan fingerprint density at radius 1 is 1.31 bits per heavy atom. The normalized spacial score (nSPS) is 26.9. The van der Waals surface area contributed by atoms with Crippen molar-refractivity contribution in [2.24, 2.45) is 11.8 Å². The molecule has 1 aromatic heterocycles. The predicted molar refractivity (Wildman–Crippen MR) is 129 cm³/mol. The fourth-order valence-corrected chi connectivity index (χ4v) is 5.81. The van der Waals surface area contributed by atoms with E-state index in [4.69, 9.17) is 21.3 Å². The van der Waals surface area contributed by atoms with Crippen LogP contribution in [0.5, 0.6) is 0 Å². The van der Waals surface area contributed by atoms with Crippen LogP contribution in [0.3, 0.4) is 0 Å². The van der Waals surface area contributed by atoms with E-state index >= 15 is 0 Å². The first-order valence-corrected chi connectivity index (χ1v) is 12.9. The maximum atomic E-state index is 13.3. The second kappa shape index (κ2) is 10.1. The summed E-state index contributed by atoms with van der Waals surface area (Å²) in [5.41, 5.74) is 0.433. The van der Waals surface area contributed by atoms with Gasteiger partial charge in [-0.25, -0.2) is 4.98 Å². The molecule has 0 spiro atoms. The molecule has 2 aromatic rings. The van der Waals surface area contributed by atoms with Gasteiger partial charge in [-0.1, -0.05) is 50.1 Å². The Morgan fingerprint density at radius 2 is 2.12 bits per heavy atom. The highest BCUT2D eigenvalue weighted by Gasteiger charge is 2.30. The fraction of sp³-hybridized carbons (Fsp3) is 0.625. The molecule has 1 aromatic carbocycles. The molecule has 1 amide bonds. The van der Waals surface area contributed by atoms with E-state index < -0.39 is 0 Å². The van der Waals surface area contributed by atoms with E-state index in [0.29, 0.717) is 39.5 Å². The summed E-state index contributed by atoms with van der Waals surface area (Å²) in [6, 6.07) is 5.33. The van der Waals surface area contributed by atoms with Gasteiger partial charge < -0.3 is 10.1 Å². The number of amides is 1. The highest BCUT2D eigenvalue weighted by atomic mass is 35.5. The van der Waals surface area contributed by atoms with Gasteiger partial charge >= 0.3 is 0 Å². The number of carbonyl (C=O) groups is 1. The van der Waals surface area contributed by atoms with E-state index in [1.54, 1.807) is 22.8 Å². The van der Waals surface area contributed by atoms with Gasteiger partial charge in [-0.3, -0.25) is 14.2 Å². The molecule has 2 heterocycles. The molecule has 5 atom stereocenters. The standard InChI is InChI=1S/C24H32ClN3O3S/c1-14-6-4-8-20(15(14)2)26-22(29)16(3)32-24-27-21-12-17(25)9-10-19(21)23(30)28(24)13-18-7-5-11-31-18/h9-10,12,14-16,18,20H,4-8,11,13H2,1-3H3,(H,26,29)/t14-,15-,16+,18+,20-/m1/s1. The van der Waals surface area contributed by atoms with Gasteiger partial charge in [0.05, 0.1) is 28.8 Å². The fourth-order valence-electron chi connectivity index (χ4n) is 4.71. The Morgan fingerprint density at radius 3 is 2.88 bits per heavy atom. The van der Waals surface area contributed by atoms with Crippen LogP contribution in [0.1, 0.15) is 52.9 Å². The second-order valence-electron chi connectivity index (χ2n) is 9.25. The molecular formula is C24H32ClN3O3S. The van der Waals surface area contributed by atoms with E-state index in [2.05, 4.69) is 19.2 Å². The van der Waals surface area contributed by atoms with Gasteiger partial charge in [0.2, 0.25) is 5.91 Å². The third-order valence-electron chi connectivity index (χ3n) is 6.98. The van der Waals surface area contributed by atoms with Crippen molar-refractivity contribution >= 4 is 40.2 Å². The maximum Gasteiger partial charge on any atom is 0.262 e. The van der Waals surface area contributed by atoms with E-state index in [9.17, 15) is 9.59 Å².